The van der Waals surface area contributed by atoms with E-state index in [1.54, 1.807) is 0 Å². The van der Waals surface area contributed by atoms with Crippen molar-refractivity contribution in [2.45, 2.75) is 58.0 Å². The molecule has 0 unspecified atom stereocenters. The molecule has 1 aliphatic rings. The van der Waals surface area contributed by atoms with Crippen LogP contribution in [0.25, 0.3) is 11.1 Å². The third-order valence-electron chi connectivity index (χ3n) is 6.68. The Morgan fingerprint density at radius 1 is 0.735 bits per heavy atom. The van der Waals surface area contributed by atoms with Crippen LogP contribution < -0.4 is 4.74 Å². The van der Waals surface area contributed by atoms with Gasteiger partial charge in [-0.2, -0.15) is 0 Å². The number of ether oxygens (including phenoxy) is 1. The van der Waals surface area contributed by atoms with E-state index in [-0.39, 0.29) is 5.56 Å². The van der Waals surface area contributed by atoms with Gasteiger partial charge in [0.05, 0.1) is 0 Å². The fourth-order valence-electron chi connectivity index (χ4n) is 4.85. The van der Waals surface area contributed by atoms with Gasteiger partial charge in [-0.05, 0) is 84.0 Å². The molecular formula is C28H27F5O. The maximum atomic E-state index is 14.6. The Kier molecular flexibility index (Phi) is 7.54. The molecule has 0 radical (unpaired) electrons. The van der Waals surface area contributed by atoms with Gasteiger partial charge in [0.25, 0.3) is 0 Å². The lowest BCUT2D eigenvalue weighted by molar-refractivity contribution is 0.272. The fraction of sp³-hybridized carbons (Fsp3) is 0.357. The van der Waals surface area contributed by atoms with E-state index in [1.165, 1.54) is 44.1 Å². The van der Waals surface area contributed by atoms with E-state index in [0.29, 0.717) is 17.0 Å². The molecule has 3 aromatic carbocycles. The SMILES string of the molecule is CCCC1CCC(c2ccc(-c3cc(F)c(OCc4cc(F)c(F)c(F)c4)c(F)c3)cc2)CC1. The molecule has 6 heteroatoms. The Hall–Kier alpha value is -2.89. The summed E-state index contributed by atoms with van der Waals surface area (Å²) in [5.41, 5.74) is 2.20. The highest BCUT2D eigenvalue weighted by Gasteiger charge is 2.22. The Bertz CT molecular complexity index is 1090. The smallest absolute Gasteiger partial charge is 0.194 e. The molecule has 0 spiro atoms. The minimum absolute atomic E-state index is 0.0846. The van der Waals surface area contributed by atoms with Gasteiger partial charge < -0.3 is 4.74 Å². The molecular weight excluding hydrogens is 447 g/mol. The fourth-order valence-corrected chi connectivity index (χ4v) is 4.85. The van der Waals surface area contributed by atoms with E-state index < -0.39 is 41.4 Å². The average Bonchev–Trinajstić information content (AvgIpc) is 2.82. The number of halogens is 5. The van der Waals surface area contributed by atoms with Gasteiger partial charge in [0.1, 0.15) is 6.61 Å². The number of rotatable bonds is 7. The molecule has 1 aliphatic carbocycles. The first kappa shape index (κ1) is 24.2. The lowest BCUT2D eigenvalue weighted by Gasteiger charge is -2.28. The second kappa shape index (κ2) is 10.6. The van der Waals surface area contributed by atoms with Crippen molar-refractivity contribution >= 4 is 0 Å². The van der Waals surface area contributed by atoms with Crippen LogP contribution in [0.4, 0.5) is 22.0 Å². The van der Waals surface area contributed by atoms with Gasteiger partial charge >= 0.3 is 0 Å². The summed E-state index contributed by atoms with van der Waals surface area (Å²) in [4.78, 5) is 0. The topological polar surface area (TPSA) is 9.23 Å². The van der Waals surface area contributed by atoms with Crippen LogP contribution in [0.2, 0.25) is 0 Å². The number of hydrogen-bond acceptors (Lipinski definition) is 1. The standard InChI is InChI=1S/C28H27F5O/c1-2-3-17-4-6-19(7-5-17)20-8-10-21(11-9-20)22-14-25(31)28(26(32)15-22)34-16-18-12-23(29)27(33)24(30)13-18/h8-15,17,19H,2-7,16H2,1H3. The van der Waals surface area contributed by atoms with Crippen molar-refractivity contribution in [2.24, 2.45) is 5.92 Å². The van der Waals surface area contributed by atoms with E-state index in [2.05, 4.69) is 6.92 Å². The first-order valence-corrected chi connectivity index (χ1v) is 11.7. The van der Waals surface area contributed by atoms with Crippen molar-refractivity contribution in [3.05, 3.63) is 88.7 Å². The molecule has 0 N–H and O–H groups in total. The van der Waals surface area contributed by atoms with Crippen molar-refractivity contribution in [1.82, 2.24) is 0 Å². The molecule has 1 nitrogen and oxygen atoms in total. The summed E-state index contributed by atoms with van der Waals surface area (Å²) < 4.78 is 74.1. The van der Waals surface area contributed by atoms with E-state index in [0.717, 1.165) is 30.2 Å². The van der Waals surface area contributed by atoms with Crippen molar-refractivity contribution in [1.29, 1.82) is 0 Å². The average molecular weight is 475 g/mol. The molecule has 0 bridgehead atoms. The first-order chi connectivity index (χ1) is 16.4. The van der Waals surface area contributed by atoms with Crippen molar-refractivity contribution < 1.29 is 26.7 Å². The first-order valence-electron chi connectivity index (χ1n) is 11.7. The minimum atomic E-state index is -1.61. The zero-order valence-electron chi connectivity index (χ0n) is 19.0. The number of benzene rings is 3. The molecule has 4 rings (SSSR count). The van der Waals surface area contributed by atoms with Crippen molar-refractivity contribution in [3.63, 3.8) is 0 Å². The normalized spacial score (nSPS) is 18.2. The molecule has 0 aromatic heterocycles. The van der Waals surface area contributed by atoms with E-state index >= 15 is 0 Å². The summed E-state index contributed by atoms with van der Waals surface area (Å²) in [6, 6.07) is 11.6. The Labute approximate surface area is 196 Å². The second-order valence-electron chi connectivity index (χ2n) is 9.06. The van der Waals surface area contributed by atoms with Gasteiger partial charge in [0.15, 0.2) is 34.8 Å². The summed E-state index contributed by atoms with van der Waals surface area (Å²) in [7, 11) is 0. The van der Waals surface area contributed by atoms with E-state index in [1.807, 2.05) is 24.3 Å². The van der Waals surface area contributed by atoms with E-state index in [9.17, 15) is 22.0 Å². The summed E-state index contributed by atoms with van der Waals surface area (Å²) in [5, 5.41) is 0. The molecule has 3 aromatic rings. The van der Waals surface area contributed by atoms with Crippen molar-refractivity contribution in [3.8, 4) is 16.9 Å². The highest BCUT2D eigenvalue weighted by molar-refractivity contribution is 5.65. The monoisotopic (exact) mass is 474 g/mol. The van der Waals surface area contributed by atoms with Crippen LogP contribution in [0.5, 0.6) is 5.75 Å². The van der Waals surface area contributed by atoms with Crippen LogP contribution in [0.3, 0.4) is 0 Å². The molecule has 1 saturated carbocycles. The van der Waals surface area contributed by atoms with Gasteiger partial charge in [0, 0.05) is 0 Å². The van der Waals surface area contributed by atoms with Gasteiger partial charge in [-0.1, -0.05) is 44.0 Å². The Morgan fingerprint density at radius 3 is 1.88 bits per heavy atom. The summed E-state index contributed by atoms with van der Waals surface area (Å²) >= 11 is 0. The van der Waals surface area contributed by atoms with Crippen LogP contribution in [-0.4, -0.2) is 0 Å². The summed E-state index contributed by atoms with van der Waals surface area (Å²) in [5.74, 6) is -5.58. The zero-order valence-corrected chi connectivity index (χ0v) is 19.0. The van der Waals surface area contributed by atoms with Crippen LogP contribution in [0, 0.1) is 35.0 Å². The van der Waals surface area contributed by atoms with Crippen LogP contribution >= 0.6 is 0 Å². The summed E-state index contributed by atoms with van der Waals surface area (Å²) in [6.45, 7) is 1.71. The van der Waals surface area contributed by atoms with Gasteiger partial charge in [-0.25, -0.2) is 22.0 Å². The third-order valence-corrected chi connectivity index (χ3v) is 6.68. The van der Waals surface area contributed by atoms with Crippen LogP contribution in [-0.2, 0) is 6.61 Å². The highest BCUT2D eigenvalue weighted by atomic mass is 19.2. The highest BCUT2D eigenvalue weighted by Crippen LogP contribution is 2.38. The van der Waals surface area contributed by atoms with Crippen LogP contribution in [0.1, 0.15) is 62.5 Å². The maximum Gasteiger partial charge on any atom is 0.194 e. The predicted octanol–water partition coefficient (Wildman–Crippen LogP) is 8.70. The van der Waals surface area contributed by atoms with Gasteiger partial charge in [-0.15, -0.1) is 0 Å². The quantitative estimate of drug-likeness (QED) is 0.246. The lowest BCUT2D eigenvalue weighted by Crippen LogP contribution is -2.13. The Morgan fingerprint density at radius 2 is 1.32 bits per heavy atom. The molecule has 0 aliphatic heterocycles. The summed E-state index contributed by atoms with van der Waals surface area (Å²) in [6.07, 6.45) is 7.34. The molecule has 0 heterocycles. The van der Waals surface area contributed by atoms with Gasteiger partial charge in [-0.3, -0.25) is 0 Å². The minimum Gasteiger partial charge on any atom is -0.483 e. The molecule has 1 fully saturated rings. The van der Waals surface area contributed by atoms with E-state index in [4.69, 9.17) is 4.74 Å². The lowest BCUT2D eigenvalue weighted by atomic mass is 9.77. The van der Waals surface area contributed by atoms with Crippen LogP contribution in [0.15, 0.2) is 48.5 Å². The maximum absolute atomic E-state index is 14.6. The molecule has 34 heavy (non-hydrogen) atoms. The Balaban J connectivity index is 1.44. The predicted molar refractivity (Wildman–Crippen MR) is 122 cm³/mol. The second-order valence-corrected chi connectivity index (χ2v) is 9.06. The van der Waals surface area contributed by atoms with Crippen molar-refractivity contribution in [2.75, 3.05) is 0 Å². The largest absolute Gasteiger partial charge is 0.483 e. The third kappa shape index (κ3) is 5.43. The molecule has 0 atom stereocenters. The molecule has 180 valence electrons. The molecule has 0 saturated heterocycles. The molecule has 0 amide bonds. The van der Waals surface area contributed by atoms with Gasteiger partial charge in [0.2, 0.25) is 0 Å². The zero-order chi connectivity index (χ0) is 24.2. The number of hydrogen-bond donors (Lipinski definition) is 0.